The molecular formula is C33H60N14O10S. The molecule has 1 aromatic heterocycles. The number of carbonyl (C=O) groups excluding carboxylic acids is 6. The number of aliphatic carboxylic acids is 1. The second-order valence-corrected chi connectivity index (χ2v) is 13.5. The van der Waals surface area contributed by atoms with E-state index in [1.807, 2.05) is 0 Å². The Kier molecular flexibility index (Phi) is 24.9. The molecule has 0 spiro atoms. The number of carboxylic acid groups (broad SMARTS) is 1. The molecule has 7 atom stereocenters. The maximum atomic E-state index is 13.6. The van der Waals surface area contributed by atoms with Crippen LogP contribution in [0.2, 0.25) is 0 Å². The smallest absolute Gasteiger partial charge is 0.326 e. The highest BCUT2D eigenvalue weighted by atomic mass is 32.1. The van der Waals surface area contributed by atoms with Crippen LogP contribution in [-0.4, -0.2) is 154 Å². The lowest BCUT2D eigenvalue weighted by molar-refractivity contribution is -0.142. The summed E-state index contributed by atoms with van der Waals surface area (Å²) in [5.41, 5.74) is 28.0. The number of thiol groups is 1. The van der Waals surface area contributed by atoms with Crippen LogP contribution in [0.1, 0.15) is 57.1 Å². The van der Waals surface area contributed by atoms with Crippen LogP contribution in [0.5, 0.6) is 0 Å². The van der Waals surface area contributed by atoms with Crippen molar-refractivity contribution in [2.75, 3.05) is 38.6 Å². The molecule has 20 N–H and O–H groups in total. The molecule has 58 heavy (non-hydrogen) atoms. The van der Waals surface area contributed by atoms with Crippen LogP contribution < -0.4 is 60.6 Å². The molecule has 0 unspecified atom stereocenters. The highest BCUT2D eigenvalue weighted by Gasteiger charge is 2.33. The molecule has 0 aliphatic rings. The van der Waals surface area contributed by atoms with Gasteiger partial charge in [0.25, 0.3) is 0 Å². The normalized spacial score (nSPS) is 14.6. The second kappa shape index (κ2) is 28.3. The molecule has 24 nitrogen and oxygen atoms in total. The summed E-state index contributed by atoms with van der Waals surface area (Å²) in [5, 5.41) is 43.9. The summed E-state index contributed by atoms with van der Waals surface area (Å²) in [6, 6.07) is -9.67. The van der Waals surface area contributed by atoms with Crippen LogP contribution in [0.3, 0.4) is 0 Å². The molecule has 0 aliphatic carbocycles. The van der Waals surface area contributed by atoms with E-state index in [2.05, 4.69) is 59.5 Å². The van der Waals surface area contributed by atoms with Crippen molar-refractivity contribution in [3.05, 3.63) is 18.2 Å². The number of guanidine groups is 1. The fourth-order valence-corrected chi connectivity index (χ4v) is 5.47. The largest absolute Gasteiger partial charge is 0.480 e. The predicted molar refractivity (Wildman–Crippen MR) is 213 cm³/mol. The van der Waals surface area contributed by atoms with Gasteiger partial charge in [-0.25, -0.2) is 9.78 Å². The third kappa shape index (κ3) is 19.4. The minimum absolute atomic E-state index is 0.0607. The van der Waals surface area contributed by atoms with Gasteiger partial charge in [0.05, 0.1) is 25.6 Å². The van der Waals surface area contributed by atoms with Crippen LogP contribution in [0.4, 0.5) is 0 Å². The van der Waals surface area contributed by atoms with E-state index in [9.17, 15) is 48.9 Å². The van der Waals surface area contributed by atoms with Gasteiger partial charge in [0, 0.05) is 30.6 Å². The monoisotopic (exact) mass is 844 g/mol. The van der Waals surface area contributed by atoms with Gasteiger partial charge in [-0.05, 0) is 58.0 Å². The van der Waals surface area contributed by atoms with E-state index in [1.54, 1.807) is 0 Å². The summed E-state index contributed by atoms with van der Waals surface area (Å²) < 4.78 is 0. The number of hydrogen-bond donors (Lipinski definition) is 16. The van der Waals surface area contributed by atoms with Gasteiger partial charge in [-0.2, -0.15) is 12.6 Å². The first kappa shape index (κ1) is 50.9. The number of aromatic nitrogens is 2. The number of nitrogens with two attached hydrogens (primary N) is 5. The molecule has 0 fully saturated rings. The Morgan fingerprint density at radius 3 is 1.66 bits per heavy atom. The maximum absolute atomic E-state index is 13.6. The van der Waals surface area contributed by atoms with Crippen LogP contribution in [0.25, 0.3) is 0 Å². The Morgan fingerprint density at radius 2 is 1.14 bits per heavy atom. The van der Waals surface area contributed by atoms with Crippen molar-refractivity contribution in [3.8, 4) is 0 Å². The molecule has 1 rings (SSSR count). The first-order valence-corrected chi connectivity index (χ1v) is 19.3. The molecule has 25 heteroatoms. The molecule has 1 heterocycles. The number of hydrogen-bond acceptors (Lipinski definition) is 15. The number of imidazole rings is 1. The van der Waals surface area contributed by atoms with Gasteiger partial charge in [0.2, 0.25) is 35.4 Å². The number of carbonyl (C=O) groups is 7. The highest BCUT2D eigenvalue weighted by Crippen LogP contribution is 2.07. The van der Waals surface area contributed by atoms with Gasteiger partial charge < -0.3 is 80.9 Å². The molecule has 0 radical (unpaired) electrons. The number of carboxylic acids is 1. The molecule has 0 aromatic carbocycles. The minimum Gasteiger partial charge on any atom is -0.480 e. The van der Waals surface area contributed by atoms with Gasteiger partial charge in [-0.3, -0.25) is 33.8 Å². The van der Waals surface area contributed by atoms with Gasteiger partial charge in [-0.1, -0.05) is 6.42 Å². The number of aliphatic imine (C=N–C) groups is 1. The Bertz CT molecular complexity index is 1480. The van der Waals surface area contributed by atoms with E-state index in [0.717, 1.165) is 0 Å². The van der Waals surface area contributed by atoms with E-state index >= 15 is 0 Å². The van der Waals surface area contributed by atoms with Crippen molar-refractivity contribution >= 4 is 60.0 Å². The number of amides is 6. The van der Waals surface area contributed by atoms with Gasteiger partial charge >= 0.3 is 5.97 Å². The molecule has 0 saturated heterocycles. The van der Waals surface area contributed by atoms with Crippen LogP contribution >= 0.6 is 12.6 Å². The van der Waals surface area contributed by atoms with Crippen molar-refractivity contribution in [1.82, 2.24) is 41.9 Å². The molecule has 0 aliphatic heterocycles. The lowest BCUT2D eigenvalue weighted by Crippen LogP contribution is -2.61. The highest BCUT2D eigenvalue weighted by molar-refractivity contribution is 7.80. The standard InChI is InChI=1S/C33H60N14O10S/c34-9-3-1-6-19(36)26(50)45-23(14-48)30(54)44-22(12-18-13-39-17-41-18)28(52)47-25(16-58)31(55)46-24(15-49)29(53)42-20(8-5-11-40-33(37)38)27(51)43-21(32(56)57)7-2-4-10-35/h13,17,19-25,48-49,58H,1-12,14-16,34-36H2,(H,39,41)(H,42,53)(H,43,51)(H,44,54)(H,45,50)(H,46,55)(H,47,52)(H,56,57)(H4,37,38,40)/t19-,20-,21-,22-,23-,24-,25-/m0/s1. The summed E-state index contributed by atoms with van der Waals surface area (Å²) in [4.78, 5) is 102. The SMILES string of the molecule is NCCCC[C@H](NC(=O)[C@H](CCCN=C(N)N)NC(=O)[C@H](CO)NC(=O)[C@H](CS)NC(=O)[C@H](Cc1cnc[nH]1)NC(=O)[C@H](CO)NC(=O)[C@@H](N)CCCCN)C(=O)O. The third-order valence-corrected chi connectivity index (χ3v) is 8.87. The Hall–Kier alpha value is -5.08. The number of aliphatic hydroxyl groups excluding tert-OH is 2. The fourth-order valence-electron chi connectivity index (χ4n) is 5.21. The Balaban J connectivity index is 3.12. The summed E-state index contributed by atoms with van der Waals surface area (Å²) in [5.74, 6) is -7.32. The summed E-state index contributed by atoms with van der Waals surface area (Å²) >= 11 is 4.14. The molecule has 1 aromatic rings. The van der Waals surface area contributed by atoms with E-state index in [1.165, 1.54) is 12.5 Å². The summed E-state index contributed by atoms with van der Waals surface area (Å²) in [6.45, 7) is -1.03. The van der Waals surface area contributed by atoms with Crippen LogP contribution in [0.15, 0.2) is 17.5 Å². The van der Waals surface area contributed by atoms with Crippen LogP contribution in [0, 0.1) is 0 Å². The zero-order chi connectivity index (χ0) is 43.6. The van der Waals surface area contributed by atoms with Gasteiger partial charge in [0.15, 0.2) is 5.96 Å². The maximum Gasteiger partial charge on any atom is 0.326 e. The molecule has 0 bridgehead atoms. The lowest BCUT2D eigenvalue weighted by Gasteiger charge is -2.26. The van der Waals surface area contributed by atoms with Crippen molar-refractivity contribution < 1.29 is 48.9 Å². The number of rotatable bonds is 30. The molecule has 6 amide bonds. The van der Waals surface area contributed by atoms with Crippen molar-refractivity contribution in [3.63, 3.8) is 0 Å². The number of nitrogens with one attached hydrogen (secondary N) is 7. The average Bonchev–Trinajstić information content (AvgIpc) is 3.71. The zero-order valence-electron chi connectivity index (χ0n) is 32.2. The Morgan fingerprint density at radius 1 is 0.672 bits per heavy atom. The fraction of sp³-hybridized carbons (Fsp3) is 0.667. The molecular weight excluding hydrogens is 785 g/mol. The zero-order valence-corrected chi connectivity index (χ0v) is 33.1. The number of unbranched alkanes of at least 4 members (excludes halogenated alkanes) is 2. The van der Waals surface area contributed by atoms with Crippen molar-refractivity contribution in [1.29, 1.82) is 0 Å². The van der Waals surface area contributed by atoms with E-state index < -0.39 is 96.9 Å². The Labute approximate surface area is 340 Å². The van der Waals surface area contributed by atoms with Gasteiger partial charge in [0.1, 0.15) is 36.3 Å². The summed E-state index contributed by atoms with van der Waals surface area (Å²) in [7, 11) is 0. The quantitative estimate of drug-likeness (QED) is 0.0148. The van der Waals surface area contributed by atoms with Gasteiger partial charge in [-0.15, -0.1) is 0 Å². The van der Waals surface area contributed by atoms with Crippen molar-refractivity contribution in [2.45, 2.75) is 100 Å². The number of aromatic amines is 1. The minimum atomic E-state index is -1.67. The topological polar surface area (TPSA) is 423 Å². The van der Waals surface area contributed by atoms with E-state index in [4.69, 9.17) is 28.7 Å². The van der Waals surface area contributed by atoms with E-state index in [0.29, 0.717) is 44.5 Å². The summed E-state index contributed by atoms with van der Waals surface area (Å²) in [6.07, 6.45) is 5.05. The first-order valence-electron chi connectivity index (χ1n) is 18.7. The average molecular weight is 845 g/mol. The first-order chi connectivity index (χ1) is 27.6. The molecule has 328 valence electrons. The lowest BCUT2D eigenvalue weighted by atomic mass is 10.1. The van der Waals surface area contributed by atoms with Crippen molar-refractivity contribution in [2.24, 2.45) is 33.7 Å². The van der Waals surface area contributed by atoms with Crippen LogP contribution in [-0.2, 0) is 40.0 Å². The number of H-pyrrole nitrogens is 1. The molecule has 0 saturated carbocycles. The predicted octanol–water partition coefficient (Wildman–Crippen LogP) is -6.50. The van der Waals surface area contributed by atoms with E-state index in [-0.39, 0.29) is 50.4 Å². The second-order valence-electron chi connectivity index (χ2n) is 13.2. The number of nitrogens with zero attached hydrogens (tertiary/aromatic N) is 2. The third-order valence-electron chi connectivity index (χ3n) is 8.50. The number of aliphatic hydroxyl groups is 2.